The lowest BCUT2D eigenvalue weighted by Crippen LogP contribution is -2.42. The summed E-state index contributed by atoms with van der Waals surface area (Å²) in [6.45, 7) is 2.55. The van der Waals surface area contributed by atoms with Crippen molar-refractivity contribution >= 4 is 23.7 Å². The lowest BCUT2D eigenvalue weighted by atomic mass is 10.2. The summed E-state index contributed by atoms with van der Waals surface area (Å²) in [7, 11) is 0. The number of benzene rings is 2. The van der Waals surface area contributed by atoms with Crippen LogP contribution in [0.2, 0.25) is 0 Å². The Bertz CT molecular complexity index is 916. The number of aromatic nitrogens is 4. The zero-order valence-electron chi connectivity index (χ0n) is 15.3. The van der Waals surface area contributed by atoms with E-state index >= 15 is 0 Å². The summed E-state index contributed by atoms with van der Waals surface area (Å²) in [6, 6.07) is 18.7. The molecule has 3 rings (SSSR count). The van der Waals surface area contributed by atoms with Gasteiger partial charge in [-0.15, -0.1) is 5.10 Å². The topological polar surface area (TPSA) is 102 Å². The van der Waals surface area contributed by atoms with E-state index in [1.165, 1.54) is 11.8 Å². The van der Waals surface area contributed by atoms with E-state index in [2.05, 4.69) is 26.2 Å². The van der Waals surface area contributed by atoms with Crippen LogP contribution in [0.4, 0.5) is 4.79 Å². The van der Waals surface area contributed by atoms with Gasteiger partial charge in [-0.05, 0) is 28.5 Å². The van der Waals surface area contributed by atoms with E-state index in [1.54, 1.807) is 11.6 Å². The maximum Gasteiger partial charge on any atom is 0.321 e. The predicted molar refractivity (Wildman–Crippen MR) is 106 cm³/mol. The van der Waals surface area contributed by atoms with Crippen molar-refractivity contribution in [2.45, 2.75) is 30.4 Å². The minimum Gasteiger partial charge on any atom is -0.334 e. The summed E-state index contributed by atoms with van der Waals surface area (Å²) < 4.78 is 1.62. The van der Waals surface area contributed by atoms with Gasteiger partial charge in [-0.25, -0.2) is 9.48 Å². The van der Waals surface area contributed by atoms with Gasteiger partial charge >= 0.3 is 6.03 Å². The van der Waals surface area contributed by atoms with Crippen LogP contribution in [0.3, 0.4) is 0 Å². The minimum absolute atomic E-state index is 0.344. The van der Waals surface area contributed by atoms with Gasteiger partial charge in [0, 0.05) is 6.54 Å². The van der Waals surface area contributed by atoms with Crippen molar-refractivity contribution in [1.29, 1.82) is 0 Å². The molecule has 1 heterocycles. The molecule has 9 heteroatoms. The lowest BCUT2D eigenvalue weighted by Gasteiger charge is -2.12. The molecule has 0 aliphatic rings. The number of carbonyl (C=O) groups excluding carboxylic acids is 2. The molecular formula is C19H20N6O2S. The number of hydrogen-bond acceptors (Lipinski definition) is 6. The van der Waals surface area contributed by atoms with Crippen molar-refractivity contribution in [2.24, 2.45) is 0 Å². The fourth-order valence-corrected chi connectivity index (χ4v) is 3.17. The van der Waals surface area contributed by atoms with Gasteiger partial charge in [0.2, 0.25) is 11.1 Å². The zero-order valence-corrected chi connectivity index (χ0v) is 16.1. The molecule has 0 bridgehead atoms. The summed E-state index contributed by atoms with van der Waals surface area (Å²) in [4.78, 5) is 24.2. The normalized spacial score (nSPS) is 11.6. The Hall–Kier alpha value is -3.20. The molecule has 0 fully saturated rings. The SMILES string of the molecule is CC(Sc1nnnn1Cc1ccccc1)C(=O)NC(=O)NCc1ccccc1. The van der Waals surface area contributed by atoms with E-state index in [0.29, 0.717) is 18.2 Å². The standard InChI is InChI=1S/C19H20N6O2S/c1-14(17(26)21-18(27)20-12-15-8-4-2-5-9-15)28-19-22-23-24-25(19)13-16-10-6-3-7-11-16/h2-11,14H,12-13H2,1H3,(H2,20,21,26,27). The first-order valence-electron chi connectivity index (χ1n) is 8.71. The molecule has 28 heavy (non-hydrogen) atoms. The molecular weight excluding hydrogens is 376 g/mol. The fourth-order valence-electron chi connectivity index (χ4n) is 2.38. The second-order valence-electron chi connectivity index (χ2n) is 6.02. The van der Waals surface area contributed by atoms with Crippen LogP contribution in [-0.2, 0) is 17.9 Å². The maximum absolute atomic E-state index is 12.3. The highest BCUT2D eigenvalue weighted by atomic mass is 32.2. The average molecular weight is 396 g/mol. The number of urea groups is 1. The highest BCUT2D eigenvalue weighted by molar-refractivity contribution is 8.00. The predicted octanol–water partition coefficient (Wildman–Crippen LogP) is 2.23. The molecule has 0 aliphatic carbocycles. The highest BCUT2D eigenvalue weighted by Gasteiger charge is 2.20. The maximum atomic E-state index is 12.3. The molecule has 1 aromatic heterocycles. The van der Waals surface area contributed by atoms with Gasteiger partial charge in [0.25, 0.3) is 0 Å². The Morgan fingerprint density at radius 2 is 1.68 bits per heavy atom. The third kappa shape index (κ3) is 5.65. The van der Waals surface area contributed by atoms with Crippen molar-refractivity contribution in [2.75, 3.05) is 0 Å². The molecule has 3 aromatic rings. The molecule has 1 atom stereocenters. The number of nitrogens with zero attached hydrogens (tertiary/aromatic N) is 4. The van der Waals surface area contributed by atoms with Gasteiger partial charge in [-0.1, -0.05) is 72.4 Å². The number of imide groups is 1. The molecule has 0 saturated carbocycles. The summed E-state index contributed by atoms with van der Waals surface area (Å²) in [5.41, 5.74) is 2.00. The molecule has 144 valence electrons. The van der Waals surface area contributed by atoms with E-state index < -0.39 is 17.2 Å². The summed E-state index contributed by atoms with van der Waals surface area (Å²) in [6.07, 6.45) is 0. The molecule has 0 aliphatic heterocycles. The molecule has 8 nitrogen and oxygen atoms in total. The molecule has 1 unspecified atom stereocenters. The van der Waals surface area contributed by atoms with Crippen molar-refractivity contribution in [3.63, 3.8) is 0 Å². The smallest absolute Gasteiger partial charge is 0.321 e. The fraction of sp³-hybridized carbons (Fsp3) is 0.211. The van der Waals surface area contributed by atoms with Gasteiger partial charge in [0.05, 0.1) is 11.8 Å². The number of tetrazole rings is 1. The Morgan fingerprint density at radius 3 is 2.36 bits per heavy atom. The van der Waals surface area contributed by atoms with Crippen molar-refractivity contribution < 1.29 is 9.59 Å². The zero-order chi connectivity index (χ0) is 19.8. The first kappa shape index (κ1) is 19.6. The van der Waals surface area contributed by atoms with Crippen LogP contribution in [0.25, 0.3) is 0 Å². The van der Waals surface area contributed by atoms with E-state index in [0.717, 1.165) is 11.1 Å². The van der Waals surface area contributed by atoms with Gasteiger partial charge < -0.3 is 5.32 Å². The van der Waals surface area contributed by atoms with E-state index in [-0.39, 0.29) is 0 Å². The number of thioether (sulfide) groups is 1. The quantitative estimate of drug-likeness (QED) is 0.594. The van der Waals surface area contributed by atoms with Crippen molar-refractivity contribution in [1.82, 2.24) is 30.8 Å². The molecule has 2 aromatic carbocycles. The van der Waals surface area contributed by atoms with Crippen LogP contribution >= 0.6 is 11.8 Å². The van der Waals surface area contributed by atoms with Crippen molar-refractivity contribution in [3.8, 4) is 0 Å². The largest absolute Gasteiger partial charge is 0.334 e. The van der Waals surface area contributed by atoms with Crippen LogP contribution in [0.1, 0.15) is 18.1 Å². The average Bonchev–Trinajstić information content (AvgIpc) is 3.14. The molecule has 3 amide bonds. The Labute approximate surface area is 166 Å². The van der Waals surface area contributed by atoms with Crippen molar-refractivity contribution in [3.05, 3.63) is 71.8 Å². The van der Waals surface area contributed by atoms with Gasteiger partial charge in [-0.3, -0.25) is 10.1 Å². The lowest BCUT2D eigenvalue weighted by molar-refractivity contribution is -0.119. The Kier molecular flexibility index (Phi) is 6.74. The van der Waals surface area contributed by atoms with Crippen LogP contribution in [0.5, 0.6) is 0 Å². The second kappa shape index (κ2) is 9.65. The number of amides is 3. The Morgan fingerprint density at radius 1 is 1.04 bits per heavy atom. The van der Waals surface area contributed by atoms with Crippen LogP contribution in [0.15, 0.2) is 65.8 Å². The summed E-state index contributed by atoms with van der Waals surface area (Å²) in [5, 5.41) is 16.6. The minimum atomic E-state index is -0.539. The third-order valence-electron chi connectivity index (χ3n) is 3.86. The van der Waals surface area contributed by atoms with E-state index in [9.17, 15) is 9.59 Å². The van der Waals surface area contributed by atoms with Crippen LogP contribution < -0.4 is 10.6 Å². The number of carbonyl (C=O) groups is 2. The Balaban J connectivity index is 1.50. The second-order valence-corrected chi connectivity index (χ2v) is 7.33. The molecule has 0 radical (unpaired) electrons. The third-order valence-corrected chi connectivity index (χ3v) is 4.93. The van der Waals surface area contributed by atoms with E-state index in [4.69, 9.17) is 0 Å². The highest BCUT2D eigenvalue weighted by Crippen LogP contribution is 2.20. The first-order chi connectivity index (χ1) is 13.6. The number of rotatable bonds is 7. The van der Waals surface area contributed by atoms with Crippen LogP contribution in [-0.4, -0.2) is 37.4 Å². The molecule has 0 spiro atoms. The van der Waals surface area contributed by atoms with Crippen LogP contribution in [0, 0.1) is 0 Å². The monoisotopic (exact) mass is 396 g/mol. The van der Waals surface area contributed by atoms with Gasteiger partial charge in [0.1, 0.15) is 0 Å². The first-order valence-corrected chi connectivity index (χ1v) is 9.59. The van der Waals surface area contributed by atoms with E-state index in [1.807, 2.05) is 60.7 Å². The van der Waals surface area contributed by atoms with Gasteiger partial charge in [0.15, 0.2) is 0 Å². The number of nitrogens with one attached hydrogen (secondary N) is 2. The summed E-state index contributed by atoms with van der Waals surface area (Å²) in [5.74, 6) is -0.412. The van der Waals surface area contributed by atoms with Gasteiger partial charge in [-0.2, -0.15) is 0 Å². The summed E-state index contributed by atoms with van der Waals surface area (Å²) >= 11 is 1.20. The molecule has 2 N–H and O–H groups in total. The number of hydrogen-bond donors (Lipinski definition) is 2. The molecule has 0 saturated heterocycles.